The number of aryl methyl sites for hydroxylation is 1. The molecule has 0 aliphatic rings. The minimum atomic E-state index is -3.17. The van der Waals surface area contributed by atoms with Crippen molar-refractivity contribution in [2.75, 3.05) is 17.6 Å². The van der Waals surface area contributed by atoms with E-state index in [9.17, 15) is 8.42 Å². The highest BCUT2D eigenvalue weighted by Crippen LogP contribution is 2.02. The maximum atomic E-state index is 11.7. The topological polar surface area (TPSA) is 59.1 Å². The van der Waals surface area contributed by atoms with Crippen molar-refractivity contribution in [1.82, 2.24) is 9.71 Å². The van der Waals surface area contributed by atoms with Gasteiger partial charge in [-0.15, -0.1) is 0 Å². The lowest BCUT2D eigenvalue weighted by Gasteiger charge is -2.06. The Morgan fingerprint density at radius 1 is 1.16 bits per heavy atom. The van der Waals surface area contributed by atoms with E-state index in [-0.39, 0.29) is 5.75 Å². The fourth-order valence-corrected chi connectivity index (χ4v) is 3.13. The third-order valence-electron chi connectivity index (χ3n) is 2.74. The van der Waals surface area contributed by atoms with Gasteiger partial charge in [0.25, 0.3) is 0 Å². The normalized spacial score (nSPS) is 11.6. The molecular formula is C13H21BrN2O2S. The van der Waals surface area contributed by atoms with Crippen LogP contribution in [0.15, 0.2) is 24.4 Å². The number of alkyl halides is 1. The first kappa shape index (κ1) is 16.6. The fourth-order valence-electron chi connectivity index (χ4n) is 1.66. The van der Waals surface area contributed by atoms with Crippen LogP contribution in [0.1, 0.15) is 31.4 Å². The Morgan fingerprint density at radius 3 is 2.63 bits per heavy atom. The summed E-state index contributed by atoms with van der Waals surface area (Å²) in [4.78, 5) is 4.12. The lowest BCUT2D eigenvalue weighted by molar-refractivity contribution is 0.573. The fraction of sp³-hybridized carbons (Fsp3) is 0.615. The van der Waals surface area contributed by atoms with Crippen molar-refractivity contribution < 1.29 is 8.42 Å². The molecule has 1 aromatic heterocycles. The second-order valence-electron chi connectivity index (χ2n) is 4.39. The highest BCUT2D eigenvalue weighted by Gasteiger charge is 2.09. The van der Waals surface area contributed by atoms with Crippen molar-refractivity contribution in [1.29, 1.82) is 0 Å². The maximum Gasteiger partial charge on any atom is 0.211 e. The third-order valence-corrected chi connectivity index (χ3v) is 4.68. The van der Waals surface area contributed by atoms with Crippen LogP contribution in [-0.2, 0) is 16.4 Å². The molecule has 0 saturated carbocycles. The van der Waals surface area contributed by atoms with Crippen LogP contribution in [0.2, 0.25) is 0 Å². The summed E-state index contributed by atoms with van der Waals surface area (Å²) < 4.78 is 26.1. The zero-order chi connectivity index (χ0) is 14.0. The number of hydrogen-bond acceptors (Lipinski definition) is 3. The van der Waals surface area contributed by atoms with Gasteiger partial charge in [-0.05, 0) is 25.0 Å². The predicted octanol–water partition coefficient (Wildman–Crippen LogP) is 2.50. The molecular weight excluding hydrogens is 328 g/mol. The molecule has 1 N–H and O–H groups in total. The molecule has 1 heterocycles. The largest absolute Gasteiger partial charge is 0.261 e. The number of halogens is 1. The summed E-state index contributed by atoms with van der Waals surface area (Å²) in [5.74, 6) is 0.103. The van der Waals surface area contributed by atoms with Crippen LogP contribution in [0.5, 0.6) is 0 Å². The monoisotopic (exact) mass is 348 g/mol. The highest BCUT2D eigenvalue weighted by molar-refractivity contribution is 9.09. The van der Waals surface area contributed by atoms with E-state index >= 15 is 0 Å². The Kier molecular flexibility index (Phi) is 8.25. The van der Waals surface area contributed by atoms with E-state index in [1.807, 2.05) is 18.2 Å². The summed E-state index contributed by atoms with van der Waals surface area (Å²) in [6.07, 6.45) is 6.39. The number of nitrogens with zero attached hydrogens (tertiary/aromatic N) is 1. The van der Waals surface area contributed by atoms with Gasteiger partial charge < -0.3 is 0 Å². The molecule has 19 heavy (non-hydrogen) atoms. The minimum absolute atomic E-state index is 0.103. The van der Waals surface area contributed by atoms with Gasteiger partial charge in [-0.25, -0.2) is 13.1 Å². The van der Waals surface area contributed by atoms with Crippen LogP contribution in [0, 0.1) is 0 Å². The molecule has 0 spiro atoms. The zero-order valence-electron chi connectivity index (χ0n) is 11.0. The molecule has 108 valence electrons. The average molecular weight is 349 g/mol. The van der Waals surface area contributed by atoms with Crippen molar-refractivity contribution in [3.63, 3.8) is 0 Å². The first-order chi connectivity index (χ1) is 9.14. The van der Waals surface area contributed by atoms with Crippen molar-refractivity contribution >= 4 is 26.0 Å². The van der Waals surface area contributed by atoms with Gasteiger partial charge >= 0.3 is 0 Å². The predicted molar refractivity (Wildman–Crippen MR) is 82.0 cm³/mol. The van der Waals surface area contributed by atoms with E-state index < -0.39 is 10.0 Å². The summed E-state index contributed by atoms with van der Waals surface area (Å²) in [6.45, 7) is 0.535. The van der Waals surface area contributed by atoms with E-state index in [2.05, 4.69) is 25.6 Å². The van der Waals surface area contributed by atoms with Crippen LogP contribution in [0.4, 0.5) is 0 Å². The number of nitrogens with one attached hydrogen (secondary N) is 1. The first-order valence-electron chi connectivity index (χ1n) is 6.57. The van der Waals surface area contributed by atoms with Gasteiger partial charge in [0.05, 0.1) is 5.75 Å². The van der Waals surface area contributed by atoms with Crippen molar-refractivity contribution in [3.05, 3.63) is 30.1 Å². The Hall–Kier alpha value is -0.460. The van der Waals surface area contributed by atoms with Crippen LogP contribution >= 0.6 is 15.9 Å². The molecule has 0 amide bonds. The maximum absolute atomic E-state index is 11.7. The second-order valence-corrected chi connectivity index (χ2v) is 7.11. The standard InChI is InChI=1S/C13H21BrN2O2S/c14-9-4-1-2-5-11-16-19(17,18)12-8-13-7-3-6-10-15-13/h3,6-7,10,16H,1-2,4-5,8-9,11-12H2. The molecule has 0 aliphatic carbocycles. The Balaban J connectivity index is 2.17. The molecule has 1 rings (SSSR count). The average Bonchev–Trinajstić information content (AvgIpc) is 2.42. The van der Waals surface area contributed by atoms with Crippen LogP contribution in [-0.4, -0.2) is 31.0 Å². The SMILES string of the molecule is O=S(=O)(CCc1ccccn1)NCCCCCCBr. The molecule has 0 unspecified atom stereocenters. The molecule has 0 radical (unpaired) electrons. The lowest BCUT2D eigenvalue weighted by Crippen LogP contribution is -2.28. The summed E-state index contributed by atoms with van der Waals surface area (Å²) in [5, 5.41) is 1.02. The molecule has 4 nitrogen and oxygen atoms in total. The van der Waals surface area contributed by atoms with Crippen LogP contribution in [0.3, 0.4) is 0 Å². The van der Waals surface area contributed by atoms with Gasteiger partial charge in [-0.1, -0.05) is 34.8 Å². The number of sulfonamides is 1. The molecule has 6 heteroatoms. The number of pyridine rings is 1. The second kappa shape index (κ2) is 9.44. The summed E-state index contributed by atoms with van der Waals surface area (Å²) in [7, 11) is -3.17. The smallest absolute Gasteiger partial charge is 0.211 e. The molecule has 0 atom stereocenters. The summed E-state index contributed by atoms with van der Waals surface area (Å²) in [6, 6.07) is 5.53. The zero-order valence-corrected chi connectivity index (χ0v) is 13.4. The van der Waals surface area contributed by atoms with Crippen LogP contribution in [0.25, 0.3) is 0 Å². The number of hydrogen-bond donors (Lipinski definition) is 1. The quantitative estimate of drug-likeness (QED) is 0.522. The Bertz CT molecular complexity index is 437. The van der Waals surface area contributed by atoms with Crippen molar-refractivity contribution in [3.8, 4) is 0 Å². The van der Waals surface area contributed by atoms with E-state index in [1.165, 1.54) is 0 Å². The van der Waals surface area contributed by atoms with Crippen LogP contribution < -0.4 is 4.72 Å². The van der Waals surface area contributed by atoms with E-state index in [4.69, 9.17) is 0 Å². The van der Waals surface area contributed by atoms with Gasteiger partial charge in [0.15, 0.2) is 0 Å². The highest BCUT2D eigenvalue weighted by atomic mass is 79.9. The van der Waals surface area contributed by atoms with Gasteiger partial charge in [0, 0.05) is 30.2 Å². The van der Waals surface area contributed by atoms with E-state index in [1.54, 1.807) is 6.20 Å². The van der Waals surface area contributed by atoms with Crippen molar-refractivity contribution in [2.45, 2.75) is 32.1 Å². The van der Waals surface area contributed by atoms with Gasteiger partial charge in [-0.2, -0.15) is 0 Å². The number of unbranched alkanes of at least 4 members (excludes halogenated alkanes) is 3. The van der Waals surface area contributed by atoms with Gasteiger partial charge in [0.2, 0.25) is 10.0 Å². The molecule has 0 aliphatic heterocycles. The lowest BCUT2D eigenvalue weighted by atomic mass is 10.2. The minimum Gasteiger partial charge on any atom is -0.261 e. The Morgan fingerprint density at radius 2 is 1.95 bits per heavy atom. The van der Waals surface area contributed by atoms with Gasteiger partial charge in [-0.3, -0.25) is 4.98 Å². The van der Waals surface area contributed by atoms with Crippen molar-refractivity contribution in [2.24, 2.45) is 0 Å². The number of aromatic nitrogens is 1. The molecule has 0 bridgehead atoms. The molecule has 0 fully saturated rings. The third kappa shape index (κ3) is 8.34. The van der Waals surface area contributed by atoms with E-state index in [0.29, 0.717) is 13.0 Å². The number of rotatable bonds is 10. The molecule has 0 saturated heterocycles. The summed E-state index contributed by atoms with van der Waals surface area (Å²) in [5.41, 5.74) is 0.810. The van der Waals surface area contributed by atoms with Gasteiger partial charge in [0.1, 0.15) is 0 Å². The Labute approximate surface area is 124 Å². The molecule has 0 aromatic carbocycles. The van der Waals surface area contributed by atoms with E-state index in [0.717, 1.165) is 36.7 Å². The summed E-state index contributed by atoms with van der Waals surface area (Å²) >= 11 is 3.38. The first-order valence-corrected chi connectivity index (χ1v) is 9.34. The molecule has 1 aromatic rings.